The van der Waals surface area contributed by atoms with Gasteiger partial charge in [0.05, 0.1) is 17.5 Å². The van der Waals surface area contributed by atoms with Crippen LogP contribution in [-0.4, -0.2) is 82.1 Å². The van der Waals surface area contributed by atoms with Crippen molar-refractivity contribution in [2.45, 2.75) is 63.1 Å². The van der Waals surface area contributed by atoms with Crippen molar-refractivity contribution in [2.24, 2.45) is 0 Å². The van der Waals surface area contributed by atoms with Crippen molar-refractivity contribution in [3.05, 3.63) is 53.5 Å². The first-order valence-corrected chi connectivity index (χ1v) is 14.7. The standard InChI is InChI=1S/C31H33F3N6O2/c1-17(32)30(41)39-13-11-24-25(39)15-40(24)29-22-14-35-27(21-9-10-23(33)20-8-4-3-7-19(20)21)26(34)28(22)36-31(37-29)42-16-18-6-5-12-38(18)2/h9-10,14,18,24-25H,1,3-8,11-13,15-16H2,2H3/t18-,24+,25+/m0/s1. The van der Waals surface area contributed by atoms with E-state index in [2.05, 4.69) is 21.4 Å². The Morgan fingerprint density at radius 1 is 1.07 bits per heavy atom. The Balaban J connectivity index is 1.29. The maximum atomic E-state index is 16.5. The van der Waals surface area contributed by atoms with Gasteiger partial charge in [0.15, 0.2) is 11.6 Å². The number of aromatic nitrogens is 3. The third kappa shape index (κ3) is 4.40. The molecule has 0 spiro atoms. The quantitative estimate of drug-likeness (QED) is 0.396. The van der Waals surface area contributed by atoms with Crippen LogP contribution in [0, 0.1) is 11.6 Å². The summed E-state index contributed by atoms with van der Waals surface area (Å²) in [6.07, 6.45) is 7.36. The lowest BCUT2D eigenvalue weighted by Gasteiger charge is -2.47. The van der Waals surface area contributed by atoms with Gasteiger partial charge in [-0.05, 0) is 81.8 Å². The number of carbonyl (C=O) groups excluding carboxylic acids is 1. The summed E-state index contributed by atoms with van der Waals surface area (Å²) in [5.74, 6) is -2.06. The number of anilines is 1. The minimum atomic E-state index is -0.976. The maximum absolute atomic E-state index is 16.5. The molecule has 7 rings (SSSR count). The molecule has 1 aromatic carbocycles. The summed E-state index contributed by atoms with van der Waals surface area (Å²) < 4.78 is 50.8. The van der Waals surface area contributed by atoms with Gasteiger partial charge >= 0.3 is 6.01 Å². The molecule has 5 heterocycles. The van der Waals surface area contributed by atoms with Crippen LogP contribution in [0.25, 0.3) is 22.2 Å². The zero-order valence-corrected chi connectivity index (χ0v) is 23.6. The number of hydrogen-bond acceptors (Lipinski definition) is 7. The monoisotopic (exact) mass is 578 g/mol. The first-order chi connectivity index (χ1) is 20.3. The lowest BCUT2D eigenvalue weighted by atomic mass is 9.86. The zero-order chi connectivity index (χ0) is 29.1. The number of hydrogen-bond donors (Lipinski definition) is 0. The molecule has 3 atom stereocenters. The molecule has 220 valence electrons. The number of benzene rings is 1. The van der Waals surface area contributed by atoms with Gasteiger partial charge in [-0.15, -0.1) is 0 Å². The third-order valence-electron chi connectivity index (χ3n) is 9.51. The van der Waals surface area contributed by atoms with Crippen molar-refractivity contribution in [1.29, 1.82) is 0 Å². The second-order valence-corrected chi connectivity index (χ2v) is 11.8. The van der Waals surface area contributed by atoms with Crippen molar-refractivity contribution < 1.29 is 22.7 Å². The van der Waals surface area contributed by atoms with Gasteiger partial charge in [-0.2, -0.15) is 9.97 Å². The summed E-state index contributed by atoms with van der Waals surface area (Å²) in [6.45, 7) is 5.34. The van der Waals surface area contributed by atoms with Gasteiger partial charge in [0.25, 0.3) is 5.91 Å². The largest absolute Gasteiger partial charge is 0.462 e. The van der Waals surface area contributed by atoms with Crippen molar-refractivity contribution in [1.82, 2.24) is 24.8 Å². The second kappa shape index (κ2) is 10.5. The first kappa shape index (κ1) is 27.1. The zero-order valence-electron chi connectivity index (χ0n) is 23.6. The van der Waals surface area contributed by atoms with E-state index in [-0.39, 0.29) is 41.2 Å². The van der Waals surface area contributed by atoms with Crippen LogP contribution in [0.4, 0.5) is 19.0 Å². The lowest BCUT2D eigenvalue weighted by molar-refractivity contribution is -0.130. The van der Waals surface area contributed by atoms with Crippen molar-refractivity contribution >= 4 is 22.6 Å². The molecule has 0 radical (unpaired) electrons. The SMILES string of the molecule is C=C(F)C(=O)N1CC[C@@H]2[C@H]1CN2c1nc(OC[C@@H]2CCCN2C)nc2c(F)c(-c3ccc(F)c4c3CCCC4)ncc12. The average Bonchev–Trinajstić information content (AvgIpc) is 3.54. The highest BCUT2D eigenvalue weighted by Crippen LogP contribution is 2.41. The number of likely N-dealkylation sites (tertiary alicyclic amines) is 2. The molecule has 1 amide bonds. The van der Waals surface area contributed by atoms with E-state index in [0.29, 0.717) is 61.3 Å². The molecule has 0 unspecified atom stereocenters. The molecule has 0 saturated carbocycles. The Bertz CT molecular complexity index is 1600. The number of likely N-dealkylation sites (N-methyl/N-ethyl adjacent to an activating group) is 1. The Morgan fingerprint density at radius 3 is 2.64 bits per heavy atom. The number of ether oxygens (including phenoxy) is 1. The predicted octanol–water partition coefficient (Wildman–Crippen LogP) is 4.59. The van der Waals surface area contributed by atoms with Gasteiger partial charge in [-0.1, -0.05) is 6.58 Å². The van der Waals surface area contributed by atoms with Crippen molar-refractivity contribution in [3.63, 3.8) is 0 Å². The molecule has 3 fully saturated rings. The summed E-state index contributed by atoms with van der Waals surface area (Å²) in [5.41, 5.74) is 2.24. The van der Waals surface area contributed by atoms with Crippen LogP contribution in [-0.2, 0) is 17.6 Å². The molecule has 4 aliphatic rings. The van der Waals surface area contributed by atoms with Gasteiger partial charge in [0, 0.05) is 30.9 Å². The minimum Gasteiger partial charge on any atom is -0.462 e. The average molecular weight is 579 g/mol. The molecule has 3 saturated heterocycles. The van der Waals surface area contributed by atoms with E-state index in [4.69, 9.17) is 9.72 Å². The van der Waals surface area contributed by atoms with E-state index in [1.807, 2.05) is 11.9 Å². The van der Waals surface area contributed by atoms with Gasteiger partial charge in [-0.25, -0.2) is 13.2 Å². The van der Waals surface area contributed by atoms with Crippen LogP contribution in [0.3, 0.4) is 0 Å². The molecule has 1 aliphatic carbocycles. The molecule has 0 bridgehead atoms. The van der Waals surface area contributed by atoms with Crippen LogP contribution >= 0.6 is 0 Å². The highest BCUT2D eigenvalue weighted by Gasteiger charge is 2.50. The number of pyridine rings is 1. The molecule has 42 heavy (non-hydrogen) atoms. The van der Waals surface area contributed by atoms with Crippen molar-refractivity contribution in [3.8, 4) is 17.3 Å². The van der Waals surface area contributed by atoms with Gasteiger partial charge < -0.3 is 19.4 Å². The Hall–Kier alpha value is -3.73. The third-order valence-corrected chi connectivity index (χ3v) is 9.51. The summed E-state index contributed by atoms with van der Waals surface area (Å²) in [7, 11) is 2.05. The fraction of sp³-hybridized carbons (Fsp3) is 0.484. The predicted molar refractivity (Wildman–Crippen MR) is 152 cm³/mol. The number of amides is 1. The molecular formula is C31H33F3N6O2. The van der Waals surface area contributed by atoms with Crippen LogP contribution in [0.1, 0.15) is 43.2 Å². The van der Waals surface area contributed by atoms with Crippen LogP contribution in [0.5, 0.6) is 6.01 Å². The minimum absolute atomic E-state index is 0.0708. The fourth-order valence-electron chi connectivity index (χ4n) is 7.17. The number of rotatable bonds is 6. The van der Waals surface area contributed by atoms with Gasteiger partial charge in [-0.3, -0.25) is 9.78 Å². The van der Waals surface area contributed by atoms with Crippen molar-refractivity contribution in [2.75, 3.05) is 38.2 Å². The Kier molecular flexibility index (Phi) is 6.79. The molecule has 2 aromatic heterocycles. The number of fused-ring (bicyclic) bond motifs is 3. The smallest absolute Gasteiger partial charge is 0.319 e. The molecular weight excluding hydrogens is 545 g/mol. The normalized spacial score (nSPS) is 23.6. The highest BCUT2D eigenvalue weighted by molar-refractivity contribution is 5.94. The molecule has 8 nitrogen and oxygen atoms in total. The molecule has 11 heteroatoms. The van der Waals surface area contributed by atoms with E-state index in [9.17, 15) is 13.6 Å². The fourth-order valence-corrected chi connectivity index (χ4v) is 7.17. The molecule has 3 aliphatic heterocycles. The summed E-state index contributed by atoms with van der Waals surface area (Å²) >= 11 is 0. The maximum Gasteiger partial charge on any atom is 0.319 e. The van der Waals surface area contributed by atoms with E-state index >= 15 is 4.39 Å². The number of carbonyl (C=O) groups is 1. The Morgan fingerprint density at radius 2 is 1.88 bits per heavy atom. The number of halogens is 3. The summed E-state index contributed by atoms with van der Waals surface area (Å²) in [4.78, 5) is 31.9. The molecule has 3 aromatic rings. The van der Waals surface area contributed by atoms with E-state index in [1.54, 1.807) is 12.3 Å². The number of nitrogens with zero attached hydrogens (tertiary/aromatic N) is 6. The van der Waals surface area contributed by atoms with E-state index in [1.165, 1.54) is 11.0 Å². The van der Waals surface area contributed by atoms with Crippen LogP contribution < -0.4 is 9.64 Å². The first-order valence-electron chi connectivity index (χ1n) is 14.7. The topological polar surface area (TPSA) is 74.7 Å². The van der Waals surface area contributed by atoms with Gasteiger partial charge in [0.1, 0.15) is 29.5 Å². The molecule has 0 N–H and O–H groups in total. The van der Waals surface area contributed by atoms with Gasteiger partial charge in [0.2, 0.25) is 0 Å². The highest BCUT2D eigenvalue weighted by atomic mass is 19.1. The second-order valence-electron chi connectivity index (χ2n) is 11.8. The van der Waals surface area contributed by atoms with Crippen LogP contribution in [0.15, 0.2) is 30.7 Å². The summed E-state index contributed by atoms with van der Waals surface area (Å²) in [5, 5.41) is 0.427. The van der Waals surface area contributed by atoms with Crippen LogP contribution in [0.2, 0.25) is 0 Å². The lowest BCUT2D eigenvalue weighted by Crippen LogP contribution is -2.63. The summed E-state index contributed by atoms with van der Waals surface area (Å²) in [6, 6.07) is 2.99. The van der Waals surface area contributed by atoms with E-state index < -0.39 is 17.6 Å². The Labute approximate surface area is 242 Å². The van der Waals surface area contributed by atoms with E-state index in [0.717, 1.165) is 37.8 Å².